The number of alkyl halides is 3. The van der Waals surface area contributed by atoms with Crippen molar-refractivity contribution in [2.45, 2.75) is 68.9 Å². The number of thioether (sulfide) groups is 1. The van der Waals surface area contributed by atoms with Gasteiger partial charge in [0.1, 0.15) is 0 Å². The van der Waals surface area contributed by atoms with E-state index in [4.69, 9.17) is 5.10 Å². The molecule has 0 spiro atoms. The Morgan fingerprint density at radius 2 is 1.89 bits per heavy atom. The molecule has 2 saturated heterocycles. The number of halogens is 3. The Kier molecular flexibility index (Phi) is 10.3. The number of hydrogen-bond donors (Lipinski definition) is 2. The van der Waals surface area contributed by atoms with Crippen LogP contribution in [-0.2, 0) is 40.5 Å². The lowest BCUT2D eigenvalue weighted by Gasteiger charge is -2.32. The minimum absolute atomic E-state index is 0.0494. The van der Waals surface area contributed by atoms with Gasteiger partial charge in [-0.15, -0.1) is 11.8 Å². The second-order valence-corrected chi connectivity index (χ2v) is 15.0. The van der Waals surface area contributed by atoms with Crippen molar-refractivity contribution < 1.29 is 31.5 Å². The molecule has 5 rings (SSSR count). The van der Waals surface area contributed by atoms with E-state index in [9.17, 15) is 31.5 Å². The zero-order chi connectivity index (χ0) is 31.6. The van der Waals surface area contributed by atoms with Gasteiger partial charge in [-0.05, 0) is 45.0 Å². The quantitative estimate of drug-likeness (QED) is 0.375. The molecule has 0 radical (unpaired) electrons. The predicted molar refractivity (Wildman–Crippen MR) is 163 cm³/mol. The molecule has 2 aromatic rings. The summed E-state index contributed by atoms with van der Waals surface area (Å²) in [6, 6.07) is 3.58. The van der Waals surface area contributed by atoms with E-state index in [-0.39, 0.29) is 36.5 Å². The topological polar surface area (TPSA) is 111 Å². The van der Waals surface area contributed by atoms with E-state index >= 15 is 0 Å². The van der Waals surface area contributed by atoms with Crippen molar-refractivity contribution in [1.29, 1.82) is 0 Å². The molecule has 15 heteroatoms. The average Bonchev–Trinajstić information content (AvgIpc) is 3.32. The summed E-state index contributed by atoms with van der Waals surface area (Å²) in [4.78, 5) is 16.3. The van der Waals surface area contributed by atoms with Crippen LogP contribution in [0.2, 0.25) is 0 Å². The molecule has 0 bridgehead atoms. The van der Waals surface area contributed by atoms with Crippen molar-refractivity contribution in [1.82, 2.24) is 29.2 Å². The molecule has 2 atom stereocenters. The maximum absolute atomic E-state index is 14.1. The minimum Gasteiger partial charge on any atom is -0.390 e. The van der Waals surface area contributed by atoms with Crippen LogP contribution in [0.1, 0.15) is 43.0 Å². The molecule has 2 fully saturated rings. The number of benzene rings is 1. The Bertz CT molecular complexity index is 1450. The smallest absolute Gasteiger partial charge is 0.390 e. The maximum atomic E-state index is 14.1. The molecule has 0 saturated carbocycles. The first-order valence-corrected chi connectivity index (χ1v) is 17.9. The van der Waals surface area contributed by atoms with Crippen LogP contribution in [0, 0.1) is 0 Å². The molecule has 244 valence electrons. The average molecular weight is 659 g/mol. The molecule has 3 aliphatic rings. The van der Waals surface area contributed by atoms with Crippen LogP contribution in [0.15, 0.2) is 23.1 Å². The number of carbonyl (C=O) groups is 1. The molecule has 10 nitrogen and oxygen atoms in total. The molecule has 2 N–H and O–H groups in total. The van der Waals surface area contributed by atoms with Gasteiger partial charge in [-0.25, -0.2) is 8.42 Å². The van der Waals surface area contributed by atoms with Gasteiger partial charge in [-0.1, -0.05) is 12.5 Å². The first-order chi connectivity index (χ1) is 20.8. The van der Waals surface area contributed by atoms with Crippen molar-refractivity contribution in [2.75, 3.05) is 57.8 Å². The van der Waals surface area contributed by atoms with Crippen molar-refractivity contribution in [3.8, 4) is 11.3 Å². The lowest BCUT2D eigenvalue weighted by Crippen LogP contribution is -2.54. The number of aliphatic hydroxyl groups excluding tert-OH is 1. The highest BCUT2D eigenvalue weighted by Crippen LogP contribution is 2.40. The number of carbonyl (C=O) groups excluding carboxylic acids is 1. The second kappa shape index (κ2) is 13.7. The standard InChI is InChI=1S/C29H41F3N6O4S2/c1-20-28(40)33-9-13-36(20)14-15-43-26-16-21(6-7-24(26)29(30,31)32)27-23-19-37(44(2,41)42)12-8-25(23)38(34-27)18-22(39)17-35-10-4-3-5-11-35/h6-7,16,20,22,39H,3-5,8-15,17-19H2,1-2H3,(H,33,40). The van der Waals surface area contributed by atoms with E-state index in [1.54, 1.807) is 11.6 Å². The number of piperidine rings is 1. The number of nitrogens with zero attached hydrogens (tertiary/aromatic N) is 5. The van der Waals surface area contributed by atoms with Gasteiger partial charge >= 0.3 is 6.18 Å². The molecule has 4 heterocycles. The van der Waals surface area contributed by atoms with Gasteiger partial charge in [0, 0.05) is 73.2 Å². The van der Waals surface area contributed by atoms with Gasteiger partial charge in [0.2, 0.25) is 15.9 Å². The maximum Gasteiger partial charge on any atom is 0.417 e. The zero-order valence-electron chi connectivity index (χ0n) is 25.1. The number of hydrogen-bond acceptors (Lipinski definition) is 8. The van der Waals surface area contributed by atoms with Gasteiger partial charge in [0.25, 0.3) is 0 Å². The van der Waals surface area contributed by atoms with Crippen LogP contribution in [-0.4, -0.2) is 113 Å². The second-order valence-electron chi connectivity index (χ2n) is 11.9. The Labute approximate surface area is 261 Å². The third-order valence-corrected chi connectivity index (χ3v) is 11.0. The molecule has 44 heavy (non-hydrogen) atoms. The summed E-state index contributed by atoms with van der Waals surface area (Å²) in [5.41, 5.74) is 1.58. The molecule has 2 unspecified atom stereocenters. The molecular formula is C29H41F3N6O4S2. The Balaban J connectivity index is 1.43. The Hall–Kier alpha value is -2.17. The fraction of sp³-hybridized carbons (Fsp3) is 0.655. The molecule has 1 amide bonds. The van der Waals surface area contributed by atoms with Gasteiger partial charge in [-0.3, -0.25) is 14.4 Å². The van der Waals surface area contributed by atoms with E-state index in [2.05, 4.69) is 10.2 Å². The monoisotopic (exact) mass is 658 g/mol. The van der Waals surface area contributed by atoms with Gasteiger partial charge in [-0.2, -0.15) is 22.6 Å². The van der Waals surface area contributed by atoms with Crippen molar-refractivity contribution in [2.24, 2.45) is 0 Å². The Morgan fingerprint density at radius 3 is 2.59 bits per heavy atom. The summed E-state index contributed by atoms with van der Waals surface area (Å²) in [6.07, 6.45) is -0.368. The number of amides is 1. The Morgan fingerprint density at radius 1 is 1.14 bits per heavy atom. The van der Waals surface area contributed by atoms with E-state index in [1.165, 1.54) is 22.9 Å². The molecule has 0 aliphatic carbocycles. The number of rotatable bonds is 10. The van der Waals surface area contributed by atoms with Crippen LogP contribution < -0.4 is 5.32 Å². The number of piperazine rings is 1. The molecule has 1 aromatic carbocycles. The van der Waals surface area contributed by atoms with Crippen LogP contribution in [0.4, 0.5) is 13.2 Å². The molecule has 1 aromatic heterocycles. The van der Waals surface area contributed by atoms with Crippen LogP contribution in [0.3, 0.4) is 0 Å². The third kappa shape index (κ3) is 7.79. The number of likely N-dealkylation sites (tertiary alicyclic amines) is 1. The number of β-amino-alcohol motifs (C(OH)–C–C–N with tert-alkyl or cyclic N) is 1. The predicted octanol–water partition coefficient (Wildman–Crippen LogP) is 2.65. The third-order valence-electron chi connectivity index (χ3n) is 8.69. The fourth-order valence-electron chi connectivity index (χ4n) is 6.26. The van der Waals surface area contributed by atoms with Crippen LogP contribution in [0.25, 0.3) is 11.3 Å². The van der Waals surface area contributed by atoms with Gasteiger partial charge < -0.3 is 15.3 Å². The van der Waals surface area contributed by atoms with E-state index in [1.807, 2.05) is 4.90 Å². The summed E-state index contributed by atoms with van der Waals surface area (Å²) in [5, 5.41) is 18.5. The first kappa shape index (κ1) is 33.2. The van der Waals surface area contributed by atoms with Crippen LogP contribution in [0.5, 0.6) is 0 Å². The fourth-order valence-corrected chi connectivity index (χ4v) is 8.14. The van der Waals surface area contributed by atoms with Crippen LogP contribution >= 0.6 is 11.8 Å². The van der Waals surface area contributed by atoms with E-state index < -0.39 is 27.9 Å². The number of aliphatic hydroxyl groups is 1. The summed E-state index contributed by atoms with van der Waals surface area (Å²) < 4.78 is 70.2. The summed E-state index contributed by atoms with van der Waals surface area (Å²) >= 11 is 1.08. The minimum atomic E-state index is -4.57. The summed E-state index contributed by atoms with van der Waals surface area (Å²) in [6.45, 7) is 6.25. The van der Waals surface area contributed by atoms with Crippen molar-refractivity contribution >= 4 is 27.7 Å². The number of sulfonamides is 1. The van der Waals surface area contributed by atoms with E-state index in [0.29, 0.717) is 55.2 Å². The lowest BCUT2D eigenvalue weighted by atomic mass is 10.0. The number of fused-ring (bicyclic) bond motifs is 1. The number of aromatic nitrogens is 2. The highest BCUT2D eigenvalue weighted by atomic mass is 32.2. The van der Waals surface area contributed by atoms with E-state index in [0.717, 1.165) is 55.7 Å². The molecule has 3 aliphatic heterocycles. The summed E-state index contributed by atoms with van der Waals surface area (Å²) in [7, 11) is -3.51. The van der Waals surface area contributed by atoms with Gasteiger partial charge in [0.15, 0.2) is 0 Å². The number of nitrogens with one attached hydrogen (secondary N) is 1. The van der Waals surface area contributed by atoms with Gasteiger partial charge in [0.05, 0.1) is 36.2 Å². The SMILES string of the molecule is CC1C(=O)NCCN1CCSc1cc(-c2nn(CC(O)CN3CCCCC3)c3c2CN(S(C)(=O)=O)CC3)ccc1C(F)(F)F. The largest absolute Gasteiger partial charge is 0.417 e. The summed E-state index contributed by atoms with van der Waals surface area (Å²) in [5.74, 6) is 0.255. The highest BCUT2D eigenvalue weighted by Gasteiger charge is 2.35. The molecular weight excluding hydrogens is 617 g/mol. The van der Waals surface area contributed by atoms with Crippen molar-refractivity contribution in [3.63, 3.8) is 0 Å². The normalized spacial score (nSPS) is 21.7. The lowest BCUT2D eigenvalue weighted by molar-refractivity contribution is -0.139. The highest BCUT2D eigenvalue weighted by molar-refractivity contribution is 7.99. The zero-order valence-corrected chi connectivity index (χ0v) is 26.8. The first-order valence-electron chi connectivity index (χ1n) is 15.1. The van der Waals surface area contributed by atoms with Crippen molar-refractivity contribution in [3.05, 3.63) is 35.0 Å².